The largest absolute Gasteiger partial charge is 0.278 e. The zero-order valence-corrected chi connectivity index (χ0v) is 15.2. The highest BCUT2D eigenvalue weighted by atomic mass is 79.9. The molecule has 0 aliphatic rings. The first-order valence-corrected chi connectivity index (χ1v) is 8.91. The van der Waals surface area contributed by atoms with Crippen LogP contribution in [0.2, 0.25) is 15.2 Å². The Labute approximate surface area is 145 Å². The van der Waals surface area contributed by atoms with Gasteiger partial charge in [0.15, 0.2) is 0 Å². The number of hydrogen-bond acceptors (Lipinski definition) is 3. The van der Waals surface area contributed by atoms with Crippen LogP contribution in [0.4, 0.5) is 5.69 Å². The van der Waals surface area contributed by atoms with Gasteiger partial charge in [-0.2, -0.15) is 0 Å². The minimum absolute atomic E-state index is 0.0144. The van der Waals surface area contributed by atoms with Crippen molar-refractivity contribution in [3.63, 3.8) is 0 Å². The van der Waals surface area contributed by atoms with E-state index in [1.165, 1.54) is 18.3 Å². The van der Waals surface area contributed by atoms with Crippen LogP contribution in [-0.4, -0.2) is 13.4 Å². The summed E-state index contributed by atoms with van der Waals surface area (Å²) in [6.45, 7) is 1.71. The van der Waals surface area contributed by atoms with E-state index in [0.717, 1.165) is 0 Å². The molecule has 21 heavy (non-hydrogen) atoms. The van der Waals surface area contributed by atoms with Crippen LogP contribution in [0, 0.1) is 6.92 Å². The lowest BCUT2D eigenvalue weighted by Gasteiger charge is -2.12. The third-order valence-corrected chi connectivity index (χ3v) is 5.65. The molecule has 1 aromatic carbocycles. The number of aromatic nitrogens is 1. The molecule has 9 heteroatoms. The zero-order valence-electron chi connectivity index (χ0n) is 10.5. The Morgan fingerprint density at radius 3 is 2.24 bits per heavy atom. The average Bonchev–Trinajstić information content (AvgIpc) is 2.31. The summed E-state index contributed by atoms with van der Waals surface area (Å²) >= 11 is 20.9. The Kier molecular flexibility index (Phi) is 5.05. The number of pyridine rings is 1. The Hall–Kier alpha value is -0.530. The second kappa shape index (κ2) is 6.30. The highest BCUT2D eigenvalue weighted by Crippen LogP contribution is 2.34. The van der Waals surface area contributed by atoms with Gasteiger partial charge in [-0.15, -0.1) is 0 Å². The van der Waals surface area contributed by atoms with Crippen molar-refractivity contribution in [3.05, 3.63) is 49.6 Å². The molecular weight excluding hydrogens is 422 g/mol. The SMILES string of the molecule is Cc1cc(NS(=O)(=O)c2c(Cl)cc(Br)cc2Cl)cnc1Cl. The van der Waals surface area contributed by atoms with E-state index in [1.807, 2.05) is 0 Å². The molecule has 0 aliphatic carbocycles. The van der Waals surface area contributed by atoms with Crippen LogP contribution in [0.3, 0.4) is 0 Å². The van der Waals surface area contributed by atoms with E-state index < -0.39 is 10.0 Å². The first-order valence-electron chi connectivity index (χ1n) is 5.50. The standard InChI is InChI=1S/C12H8BrCl3N2O2S/c1-6-2-8(5-17-12(6)16)18-21(19,20)11-9(14)3-7(13)4-10(11)15/h2-5,18H,1H3. The smallest absolute Gasteiger partial charge is 0.264 e. The molecule has 0 fully saturated rings. The molecule has 0 radical (unpaired) electrons. The van der Waals surface area contributed by atoms with Crippen molar-refractivity contribution in [2.24, 2.45) is 0 Å². The molecule has 4 nitrogen and oxygen atoms in total. The Balaban J connectivity index is 2.46. The van der Waals surface area contributed by atoms with E-state index in [9.17, 15) is 8.42 Å². The second-order valence-electron chi connectivity index (χ2n) is 4.14. The number of rotatable bonds is 3. The van der Waals surface area contributed by atoms with Gasteiger partial charge in [0.05, 0.1) is 21.9 Å². The van der Waals surface area contributed by atoms with Crippen LogP contribution in [-0.2, 0) is 10.0 Å². The van der Waals surface area contributed by atoms with E-state index in [0.29, 0.717) is 15.2 Å². The lowest BCUT2D eigenvalue weighted by Crippen LogP contribution is -2.14. The van der Waals surface area contributed by atoms with Crippen molar-refractivity contribution >= 4 is 66.4 Å². The molecule has 0 aliphatic heterocycles. The fraction of sp³-hybridized carbons (Fsp3) is 0.0833. The maximum absolute atomic E-state index is 12.4. The van der Waals surface area contributed by atoms with E-state index in [4.69, 9.17) is 34.8 Å². The molecule has 0 amide bonds. The minimum Gasteiger partial charge on any atom is -0.278 e. The molecule has 1 aromatic heterocycles. The van der Waals surface area contributed by atoms with E-state index in [1.54, 1.807) is 13.0 Å². The maximum Gasteiger partial charge on any atom is 0.264 e. The first-order chi connectivity index (χ1) is 9.70. The third-order valence-electron chi connectivity index (χ3n) is 2.50. The number of aryl methyl sites for hydroxylation is 1. The first kappa shape index (κ1) is 16.8. The van der Waals surface area contributed by atoms with Gasteiger partial charge >= 0.3 is 0 Å². The number of hydrogen-bond donors (Lipinski definition) is 1. The molecule has 1 N–H and O–H groups in total. The summed E-state index contributed by atoms with van der Waals surface area (Å²) < 4.78 is 27.7. The highest BCUT2D eigenvalue weighted by Gasteiger charge is 2.22. The van der Waals surface area contributed by atoms with Gasteiger partial charge in [0.25, 0.3) is 10.0 Å². The zero-order chi connectivity index (χ0) is 15.8. The third kappa shape index (κ3) is 3.81. The molecule has 112 valence electrons. The van der Waals surface area contributed by atoms with E-state index in [2.05, 4.69) is 25.6 Å². The molecule has 0 saturated carbocycles. The minimum atomic E-state index is -3.94. The number of nitrogens with one attached hydrogen (secondary N) is 1. The summed E-state index contributed by atoms with van der Waals surface area (Å²) in [4.78, 5) is 3.69. The van der Waals surface area contributed by atoms with Crippen LogP contribution < -0.4 is 4.72 Å². The van der Waals surface area contributed by atoms with Crippen molar-refractivity contribution in [2.75, 3.05) is 4.72 Å². The summed E-state index contributed by atoms with van der Waals surface area (Å²) in [5.74, 6) is 0. The molecular formula is C12H8BrCl3N2O2S. The van der Waals surface area contributed by atoms with E-state index >= 15 is 0 Å². The van der Waals surface area contributed by atoms with Gasteiger partial charge < -0.3 is 0 Å². The van der Waals surface area contributed by atoms with Crippen molar-refractivity contribution in [2.45, 2.75) is 11.8 Å². The molecule has 0 bridgehead atoms. The average molecular weight is 431 g/mol. The van der Waals surface area contributed by atoms with Crippen molar-refractivity contribution in [1.82, 2.24) is 4.98 Å². The monoisotopic (exact) mass is 428 g/mol. The predicted octanol–water partition coefficient (Wildman–Crippen LogP) is 4.91. The van der Waals surface area contributed by atoms with Gasteiger partial charge in [-0.25, -0.2) is 13.4 Å². The number of halogens is 4. The number of anilines is 1. The van der Waals surface area contributed by atoms with Crippen LogP contribution in [0.1, 0.15) is 5.56 Å². The number of sulfonamides is 1. The summed E-state index contributed by atoms with van der Waals surface area (Å²) in [6, 6.07) is 4.47. The van der Waals surface area contributed by atoms with Crippen LogP contribution in [0.5, 0.6) is 0 Å². The van der Waals surface area contributed by atoms with Gasteiger partial charge in [-0.3, -0.25) is 4.72 Å². The lowest BCUT2D eigenvalue weighted by molar-refractivity contribution is 0.601. The molecule has 0 atom stereocenters. The predicted molar refractivity (Wildman–Crippen MR) is 89.0 cm³/mol. The fourth-order valence-electron chi connectivity index (χ4n) is 1.61. The van der Waals surface area contributed by atoms with Gasteiger partial charge in [0.1, 0.15) is 10.0 Å². The quantitative estimate of drug-likeness (QED) is 0.704. The molecule has 2 rings (SSSR count). The molecule has 1 heterocycles. The number of nitrogens with zero attached hydrogens (tertiary/aromatic N) is 1. The molecule has 2 aromatic rings. The Morgan fingerprint density at radius 2 is 1.71 bits per heavy atom. The van der Waals surface area contributed by atoms with Crippen molar-refractivity contribution < 1.29 is 8.42 Å². The van der Waals surface area contributed by atoms with Gasteiger partial charge in [0, 0.05) is 4.47 Å². The second-order valence-corrected chi connectivity index (χ2v) is 7.84. The maximum atomic E-state index is 12.4. The summed E-state index contributed by atoms with van der Waals surface area (Å²) in [7, 11) is -3.94. The molecule has 0 saturated heterocycles. The van der Waals surface area contributed by atoms with Crippen LogP contribution in [0.25, 0.3) is 0 Å². The van der Waals surface area contributed by atoms with Gasteiger partial charge in [-0.1, -0.05) is 50.7 Å². The van der Waals surface area contributed by atoms with Crippen molar-refractivity contribution in [1.29, 1.82) is 0 Å². The normalized spacial score (nSPS) is 11.5. The lowest BCUT2D eigenvalue weighted by atomic mass is 10.3. The van der Waals surface area contributed by atoms with Gasteiger partial charge in [-0.05, 0) is 30.7 Å². The van der Waals surface area contributed by atoms with E-state index in [-0.39, 0.29) is 20.6 Å². The fourth-order valence-corrected chi connectivity index (χ4v) is 4.68. The summed E-state index contributed by atoms with van der Waals surface area (Å²) in [5, 5.41) is 0.332. The Morgan fingerprint density at radius 1 is 1.14 bits per heavy atom. The highest BCUT2D eigenvalue weighted by molar-refractivity contribution is 9.10. The van der Waals surface area contributed by atoms with Crippen LogP contribution >= 0.6 is 50.7 Å². The van der Waals surface area contributed by atoms with Crippen LogP contribution in [0.15, 0.2) is 33.8 Å². The Bertz CT molecular complexity index is 789. The molecule has 0 spiro atoms. The summed E-state index contributed by atoms with van der Waals surface area (Å²) in [6.07, 6.45) is 1.31. The molecule has 0 unspecified atom stereocenters. The number of benzene rings is 1. The van der Waals surface area contributed by atoms with Crippen molar-refractivity contribution in [3.8, 4) is 0 Å². The topological polar surface area (TPSA) is 59.1 Å². The summed E-state index contributed by atoms with van der Waals surface area (Å²) in [5.41, 5.74) is 0.914. The van der Waals surface area contributed by atoms with Gasteiger partial charge in [0.2, 0.25) is 0 Å².